The molecular weight excluding hydrogens is 615 g/mol. The standard InChI is InChI=1S/C38H34ClFN4O3/c1-25(45)42-30-19-20-43(24-30)36-33(40)21-32-35(34(36)39)44(31-17-18-31)23-26(37(32)46)22-41-47-38(27-11-5-2-6-12-27,28-13-7-3-8-14-28)29-15-9-4-10-16-29/h2-16,21-23,30-31H,17-20,24H2,1H3,(H,42,45)/b41-22+. The Balaban J connectivity index is 1.31. The second kappa shape index (κ2) is 12.7. The van der Waals surface area contributed by atoms with Gasteiger partial charge >= 0.3 is 0 Å². The molecule has 2 fully saturated rings. The average molecular weight is 649 g/mol. The maximum absolute atomic E-state index is 15.8. The van der Waals surface area contributed by atoms with Crippen LogP contribution in [0.5, 0.6) is 0 Å². The molecule has 1 saturated heterocycles. The van der Waals surface area contributed by atoms with Crippen LogP contribution in [0.15, 0.2) is 113 Å². The number of oxime groups is 1. The Kier molecular flexibility index (Phi) is 8.28. The van der Waals surface area contributed by atoms with Crippen LogP contribution in [0.25, 0.3) is 10.9 Å². The van der Waals surface area contributed by atoms with E-state index in [9.17, 15) is 9.59 Å². The fraction of sp³-hybridized carbons (Fsp3) is 0.237. The molecular formula is C38H34ClFN4O3. The van der Waals surface area contributed by atoms with Crippen LogP contribution in [0.1, 0.15) is 54.5 Å². The number of anilines is 1. The van der Waals surface area contributed by atoms with E-state index in [-0.39, 0.29) is 45.1 Å². The summed E-state index contributed by atoms with van der Waals surface area (Å²) in [6.07, 6.45) is 5.68. The van der Waals surface area contributed by atoms with Gasteiger partial charge in [-0.05, 0) is 25.3 Å². The number of carbonyl (C=O) groups is 1. The summed E-state index contributed by atoms with van der Waals surface area (Å²) in [4.78, 5) is 33.9. The van der Waals surface area contributed by atoms with E-state index >= 15 is 4.39 Å². The summed E-state index contributed by atoms with van der Waals surface area (Å²) in [5, 5.41) is 7.77. The van der Waals surface area contributed by atoms with Crippen molar-refractivity contribution < 1.29 is 14.0 Å². The number of aromatic nitrogens is 1. The molecule has 1 aliphatic carbocycles. The Hall–Kier alpha value is -4.95. The number of hydrogen-bond acceptors (Lipinski definition) is 5. The van der Waals surface area contributed by atoms with Crippen molar-refractivity contribution in [2.75, 3.05) is 18.0 Å². The van der Waals surface area contributed by atoms with Gasteiger partial charge in [-0.3, -0.25) is 9.59 Å². The van der Waals surface area contributed by atoms with Crippen molar-refractivity contribution >= 4 is 40.3 Å². The highest BCUT2D eigenvalue weighted by Crippen LogP contribution is 2.43. The van der Waals surface area contributed by atoms with Crippen LogP contribution in [0, 0.1) is 5.82 Å². The second-order valence-corrected chi connectivity index (χ2v) is 12.6. The van der Waals surface area contributed by atoms with Gasteiger partial charge in [0.05, 0.1) is 33.4 Å². The van der Waals surface area contributed by atoms with Crippen LogP contribution >= 0.6 is 11.6 Å². The molecule has 9 heteroatoms. The SMILES string of the molecule is CC(=O)NC1CCN(c2c(F)cc3c(=O)c(/C=N/OC(c4ccccc4)(c4ccccc4)c4ccccc4)cn(C4CC4)c3c2Cl)C1. The van der Waals surface area contributed by atoms with Gasteiger partial charge in [-0.25, -0.2) is 4.39 Å². The second-order valence-electron chi connectivity index (χ2n) is 12.2. The molecule has 7 rings (SSSR count). The smallest absolute Gasteiger partial charge is 0.217 e. The van der Waals surface area contributed by atoms with Gasteiger partial charge in [0, 0.05) is 55.0 Å². The van der Waals surface area contributed by atoms with E-state index < -0.39 is 11.4 Å². The molecule has 238 valence electrons. The fourth-order valence-electron chi connectivity index (χ4n) is 6.68. The lowest BCUT2D eigenvalue weighted by Gasteiger charge is -2.33. The van der Waals surface area contributed by atoms with Crippen molar-refractivity contribution in [1.29, 1.82) is 0 Å². The van der Waals surface area contributed by atoms with Crippen LogP contribution in [-0.4, -0.2) is 35.8 Å². The van der Waals surface area contributed by atoms with Gasteiger partial charge in [-0.2, -0.15) is 0 Å². The van der Waals surface area contributed by atoms with Crippen molar-refractivity contribution in [1.82, 2.24) is 9.88 Å². The highest BCUT2D eigenvalue weighted by atomic mass is 35.5. The Morgan fingerprint density at radius 2 is 1.53 bits per heavy atom. The number of rotatable bonds is 9. The van der Waals surface area contributed by atoms with Gasteiger partial charge in [-0.1, -0.05) is 108 Å². The largest absolute Gasteiger partial charge is 0.375 e. The molecule has 0 radical (unpaired) electrons. The van der Waals surface area contributed by atoms with E-state index in [2.05, 4.69) is 10.5 Å². The molecule has 1 amide bonds. The molecule has 2 heterocycles. The lowest BCUT2D eigenvalue weighted by Crippen LogP contribution is -2.35. The molecule has 0 spiro atoms. The molecule has 5 aromatic rings. The third kappa shape index (κ3) is 5.78. The summed E-state index contributed by atoms with van der Waals surface area (Å²) in [7, 11) is 0. The Morgan fingerprint density at radius 3 is 2.06 bits per heavy atom. The normalized spacial score (nSPS) is 16.6. The van der Waals surface area contributed by atoms with Crippen LogP contribution in [0.2, 0.25) is 5.02 Å². The minimum Gasteiger partial charge on any atom is -0.375 e. The van der Waals surface area contributed by atoms with Crippen LogP contribution in [0.3, 0.4) is 0 Å². The zero-order chi connectivity index (χ0) is 32.5. The van der Waals surface area contributed by atoms with E-state index in [0.29, 0.717) is 25.0 Å². The van der Waals surface area contributed by atoms with Crippen LogP contribution in [0.4, 0.5) is 10.1 Å². The monoisotopic (exact) mass is 648 g/mol. The first-order valence-corrected chi connectivity index (χ1v) is 16.2. The summed E-state index contributed by atoms with van der Waals surface area (Å²) < 4.78 is 17.8. The van der Waals surface area contributed by atoms with Gasteiger partial charge in [0.15, 0.2) is 5.43 Å². The van der Waals surface area contributed by atoms with Gasteiger partial charge in [-0.15, -0.1) is 0 Å². The Labute approximate surface area is 277 Å². The van der Waals surface area contributed by atoms with E-state index in [4.69, 9.17) is 16.4 Å². The van der Waals surface area contributed by atoms with Gasteiger partial charge < -0.3 is 19.6 Å². The third-order valence-electron chi connectivity index (χ3n) is 8.99. The number of nitrogens with zero attached hydrogens (tertiary/aromatic N) is 3. The van der Waals surface area contributed by atoms with Crippen molar-refractivity contribution in [3.8, 4) is 0 Å². The quantitative estimate of drug-likeness (QED) is 0.104. The average Bonchev–Trinajstić information content (AvgIpc) is 3.84. The van der Waals surface area contributed by atoms with Crippen molar-refractivity contribution in [3.63, 3.8) is 0 Å². The summed E-state index contributed by atoms with van der Waals surface area (Å²) >= 11 is 6.96. The van der Waals surface area contributed by atoms with E-state index in [0.717, 1.165) is 29.5 Å². The predicted molar refractivity (Wildman–Crippen MR) is 184 cm³/mol. The third-order valence-corrected chi connectivity index (χ3v) is 9.34. The molecule has 47 heavy (non-hydrogen) atoms. The Morgan fingerprint density at radius 1 is 0.957 bits per heavy atom. The molecule has 4 aromatic carbocycles. The van der Waals surface area contributed by atoms with Crippen LogP contribution in [-0.2, 0) is 15.2 Å². The summed E-state index contributed by atoms with van der Waals surface area (Å²) in [5.74, 6) is -0.705. The molecule has 1 atom stereocenters. The summed E-state index contributed by atoms with van der Waals surface area (Å²) in [5.41, 5.74) is 2.13. The zero-order valence-corrected chi connectivity index (χ0v) is 26.7. The molecule has 1 N–H and O–H groups in total. The lowest BCUT2D eigenvalue weighted by molar-refractivity contribution is -0.119. The molecule has 0 bridgehead atoms. The number of amides is 1. The minimum absolute atomic E-state index is 0.0994. The molecule has 1 saturated carbocycles. The van der Waals surface area contributed by atoms with Crippen molar-refractivity contribution in [3.05, 3.63) is 147 Å². The summed E-state index contributed by atoms with van der Waals surface area (Å²) in [6.45, 7) is 2.44. The van der Waals surface area contributed by atoms with Gasteiger partial charge in [0.25, 0.3) is 0 Å². The number of pyridine rings is 1. The fourth-order valence-corrected chi connectivity index (χ4v) is 7.09. The first kappa shape index (κ1) is 30.7. The minimum atomic E-state index is -1.11. The first-order chi connectivity index (χ1) is 22.9. The maximum atomic E-state index is 15.8. The molecule has 7 nitrogen and oxygen atoms in total. The number of benzene rings is 4. The highest BCUT2D eigenvalue weighted by Gasteiger charge is 2.39. The number of carbonyl (C=O) groups excluding carboxylic acids is 1. The number of hydrogen-bond donors (Lipinski definition) is 1. The molecule has 1 aliphatic heterocycles. The van der Waals surface area contributed by atoms with Crippen molar-refractivity contribution in [2.45, 2.75) is 43.9 Å². The molecule has 1 unspecified atom stereocenters. The van der Waals surface area contributed by atoms with Gasteiger partial charge in [0.2, 0.25) is 11.5 Å². The lowest BCUT2D eigenvalue weighted by atomic mass is 9.80. The van der Waals surface area contributed by atoms with E-state index in [1.54, 1.807) is 6.20 Å². The topological polar surface area (TPSA) is 75.9 Å². The van der Waals surface area contributed by atoms with E-state index in [1.807, 2.05) is 100 Å². The number of fused-ring (bicyclic) bond motifs is 1. The predicted octanol–water partition coefficient (Wildman–Crippen LogP) is 7.19. The van der Waals surface area contributed by atoms with Crippen molar-refractivity contribution in [2.24, 2.45) is 5.16 Å². The summed E-state index contributed by atoms with van der Waals surface area (Å²) in [6, 6.07) is 30.8. The molecule has 2 aliphatic rings. The first-order valence-electron chi connectivity index (χ1n) is 15.8. The number of nitrogens with one attached hydrogen (secondary N) is 1. The van der Waals surface area contributed by atoms with Crippen LogP contribution < -0.4 is 15.6 Å². The van der Waals surface area contributed by atoms with E-state index in [1.165, 1.54) is 19.2 Å². The van der Waals surface area contributed by atoms with Gasteiger partial charge in [0.1, 0.15) is 5.82 Å². The highest BCUT2D eigenvalue weighted by molar-refractivity contribution is 6.38. The number of halogens is 2. The zero-order valence-electron chi connectivity index (χ0n) is 25.9. The molecule has 1 aromatic heterocycles. The maximum Gasteiger partial charge on any atom is 0.217 e. The Bertz CT molecular complexity index is 1920.